The third-order valence-electron chi connectivity index (χ3n) is 5.83. The normalized spacial score (nSPS) is 31.0. The highest BCUT2D eigenvalue weighted by molar-refractivity contribution is 5.92. The molecular formula is C20H26N4O3. The summed E-state index contributed by atoms with van der Waals surface area (Å²) >= 11 is 0. The Labute approximate surface area is 159 Å². The second-order valence-corrected chi connectivity index (χ2v) is 8.23. The van der Waals surface area contributed by atoms with Gasteiger partial charge in [0.2, 0.25) is 11.8 Å². The van der Waals surface area contributed by atoms with Gasteiger partial charge in [-0.25, -0.2) is 0 Å². The summed E-state index contributed by atoms with van der Waals surface area (Å²) in [6.07, 6.45) is 9.45. The molecule has 27 heavy (non-hydrogen) atoms. The van der Waals surface area contributed by atoms with Crippen LogP contribution in [0.25, 0.3) is 0 Å². The molecule has 4 rings (SSSR count). The van der Waals surface area contributed by atoms with Crippen LogP contribution in [0.2, 0.25) is 0 Å². The molecule has 2 saturated heterocycles. The zero-order valence-corrected chi connectivity index (χ0v) is 16.0. The Balaban J connectivity index is 1.51. The van der Waals surface area contributed by atoms with Gasteiger partial charge in [0.15, 0.2) is 0 Å². The number of aromatic nitrogens is 2. The maximum absolute atomic E-state index is 13.2. The molecular weight excluding hydrogens is 344 g/mol. The van der Waals surface area contributed by atoms with E-state index in [2.05, 4.69) is 23.8 Å². The van der Waals surface area contributed by atoms with Crippen molar-refractivity contribution in [3.8, 4) is 0 Å². The van der Waals surface area contributed by atoms with Crippen molar-refractivity contribution in [1.29, 1.82) is 0 Å². The second-order valence-electron chi connectivity index (χ2n) is 8.23. The number of ether oxygens (including phenoxy) is 1. The molecule has 144 valence electrons. The minimum atomic E-state index is -0.632. The molecule has 0 N–H and O–H groups in total. The monoisotopic (exact) mass is 370 g/mol. The molecule has 0 radical (unpaired) electrons. The Morgan fingerprint density at radius 3 is 2.96 bits per heavy atom. The summed E-state index contributed by atoms with van der Waals surface area (Å²) in [6, 6.07) is 0. The molecule has 2 unspecified atom stereocenters. The number of carbonyl (C=O) groups is 2. The summed E-state index contributed by atoms with van der Waals surface area (Å²) in [5.74, 6) is -0.376. The van der Waals surface area contributed by atoms with Gasteiger partial charge in [0.25, 0.3) is 0 Å². The van der Waals surface area contributed by atoms with Crippen LogP contribution in [0.15, 0.2) is 30.7 Å². The van der Waals surface area contributed by atoms with E-state index < -0.39 is 17.4 Å². The number of fused-ring (bicyclic) bond motifs is 1. The van der Waals surface area contributed by atoms with Crippen molar-refractivity contribution in [2.24, 2.45) is 17.8 Å². The summed E-state index contributed by atoms with van der Waals surface area (Å²) in [4.78, 5) is 38.1. The van der Waals surface area contributed by atoms with Crippen LogP contribution in [-0.4, -0.2) is 63.4 Å². The van der Waals surface area contributed by atoms with E-state index in [9.17, 15) is 9.59 Å². The van der Waals surface area contributed by atoms with Crippen molar-refractivity contribution in [1.82, 2.24) is 19.8 Å². The lowest BCUT2D eigenvalue weighted by Crippen LogP contribution is -2.44. The number of hydrogen-bond donors (Lipinski definition) is 0. The number of amides is 2. The van der Waals surface area contributed by atoms with E-state index in [1.54, 1.807) is 30.5 Å². The van der Waals surface area contributed by atoms with Gasteiger partial charge in [0.1, 0.15) is 5.60 Å². The average Bonchev–Trinajstić information content (AvgIpc) is 3.28. The topological polar surface area (TPSA) is 75.6 Å². The fourth-order valence-electron chi connectivity index (χ4n) is 4.45. The lowest BCUT2D eigenvalue weighted by molar-refractivity contribution is -0.142. The second kappa shape index (κ2) is 6.71. The van der Waals surface area contributed by atoms with Gasteiger partial charge in [-0.05, 0) is 12.3 Å². The van der Waals surface area contributed by atoms with Gasteiger partial charge in [-0.15, -0.1) is 0 Å². The molecule has 1 aromatic heterocycles. The van der Waals surface area contributed by atoms with Gasteiger partial charge < -0.3 is 14.5 Å². The highest BCUT2D eigenvalue weighted by Gasteiger charge is 2.66. The molecule has 0 saturated carbocycles. The van der Waals surface area contributed by atoms with E-state index in [0.717, 1.165) is 12.1 Å². The Bertz CT molecular complexity index is 766. The molecule has 7 nitrogen and oxygen atoms in total. The Kier molecular flexibility index (Phi) is 4.50. The van der Waals surface area contributed by atoms with E-state index >= 15 is 0 Å². The van der Waals surface area contributed by atoms with Crippen LogP contribution in [-0.2, 0) is 20.9 Å². The molecule has 2 amide bonds. The average molecular weight is 370 g/mol. The van der Waals surface area contributed by atoms with E-state index in [1.807, 2.05) is 17.1 Å². The molecule has 0 aliphatic carbocycles. The van der Waals surface area contributed by atoms with Crippen molar-refractivity contribution in [2.45, 2.75) is 38.5 Å². The summed E-state index contributed by atoms with van der Waals surface area (Å²) in [7, 11) is 1.75. The predicted octanol–water partition coefficient (Wildman–Crippen LogP) is 1.26. The van der Waals surface area contributed by atoms with Gasteiger partial charge >= 0.3 is 0 Å². The molecule has 1 spiro atoms. The number of rotatable bonds is 6. The highest BCUT2D eigenvalue weighted by Crippen LogP contribution is 2.52. The smallest absolute Gasteiger partial charge is 0.230 e. The van der Waals surface area contributed by atoms with Crippen LogP contribution in [0, 0.1) is 17.8 Å². The Hall–Kier alpha value is -2.28. The third kappa shape index (κ3) is 3.04. The molecule has 7 heteroatoms. The standard InChI is InChI=1S/C20H26N4O3/c1-13(2)5-9-24-12-20-6-4-15(27-20)16(17(20)19(24)26)18(25)23(3)11-14-10-21-7-8-22-14/h4,6-8,10,13,15-17H,5,9,11-12H2,1-3H3/t15-,16?,17?,20-/m1/s1. The van der Waals surface area contributed by atoms with Crippen LogP contribution < -0.4 is 0 Å². The van der Waals surface area contributed by atoms with Crippen LogP contribution in [0.3, 0.4) is 0 Å². The van der Waals surface area contributed by atoms with E-state index in [4.69, 9.17) is 4.74 Å². The minimum Gasteiger partial charge on any atom is -0.360 e. The zero-order valence-electron chi connectivity index (χ0n) is 16.0. The van der Waals surface area contributed by atoms with E-state index in [-0.39, 0.29) is 17.9 Å². The van der Waals surface area contributed by atoms with Crippen LogP contribution in [0.4, 0.5) is 0 Å². The predicted molar refractivity (Wildman–Crippen MR) is 98.3 cm³/mol. The largest absolute Gasteiger partial charge is 0.360 e. The molecule has 3 aliphatic rings. The van der Waals surface area contributed by atoms with E-state index in [1.165, 1.54) is 0 Å². The van der Waals surface area contributed by atoms with Crippen molar-refractivity contribution < 1.29 is 14.3 Å². The number of carbonyl (C=O) groups excluding carboxylic acids is 2. The summed E-state index contributed by atoms with van der Waals surface area (Å²) < 4.78 is 6.18. The van der Waals surface area contributed by atoms with Crippen molar-refractivity contribution in [2.75, 3.05) is 20.1 Å². The van der Waals surface area contributed by atoms with E-state index in [0.29, 0.717) is 25.6 Å². The first-order valence-corrected chi connectivity index (χ1v) is 9.57. The van der Waals surface area contributed by atoms with Gasteiger partial charge in [-0.2, -0.15) is 0 Å². The van der Waals surface area contributed by atoms with Crippen LogP contribution in [0.5, 0.6) is 0 Å². The third-order valence-corrected chi connectivity index (χ3v) is 5.83. The lowest BCUT2D eigenvalue weighted by Gasteiger charge is -2.27. The SMILES string of the molecule is CC(C)CCN1C[C@@]23C=C[C@@H](O2)C(C(=O)N(C)Cc2cnccn2)C3C1=O. The highest BCUT2D eigenvalue weighted by atomic mass is 16.5. The molecule has 1 aromatic rings. The zero-order chi connectivity index (χ0) is 19.2. The van der Waals surface area contributed by atoms with Gasteiger partial charge in [0.05, 0.1) is 42.9 Å². The van der Waals surface area contributed by atoms with Gasteiger partial charge in [-0.3, -0.25) is 19.6 Å². The Morgan fingerprint density at radius 2 is 2.26 bits per heavy atom. The maximum Gasteiger partial charge on any atom is 0.230 e. The van der Waals surface area contributed by atoms with Crippen molar-refractivity contribution in [3.05, 3.63) is 36.4 Å². The molecule has 4 atom stereocenters. The van der Waals surface area contributed by atoms with Crippen molar-refractivity contribution >= 4 is 11.8 Å². The first-order chi connectivity index (χ1) is 12.9. The first kappa shape index (κ1) is 18.1. The quantitative estimate of drug-likeness (QED) is 0.705. The van der Waals surface area contributed by atoms with Gasteiger partial charge in [0, 0.05) is 26.0 Å². The fourth-order valence-corrected chi connectivity index (χ4v) is 4.45. The van der Waals surface area contributed by atoms with Gasteiger partial charge in [-0.1, -0.05) is 26.0 Å². The summed E-state index contributed by atoms with van der Waals surface area (Å²) in [5.41, 5.74) is 0.0888. The number of nitrogens with zero attached hydrogens (tertiary/aromatic N) is 4. The maximum atomic E-state index is 13.2. The Morgan fingerprint density at radius 1 is 1.44 bits per heavy atom. The first-order valence-electron chi connectivity index (χ1n) is 9.57. The molecule has 3 aliphatic heterocycles. The molecule has 2 fully saturated rings. The molecule has 2 bridgehead atoms. The fraction of sp³-hybridized carbons (Fsp3) is 0.600. The van der Waals surface area contributed by atoms with Crippen LogP contribution in [0.1, 0.15) is 26.0 Å². The van der Waals surface area contributed by atoms with Crippen LogP contribution >= 0.6 is 0 Å². The minimum absolute atomic E-state index is 0.0498. The lowest BCUT2D eigenvalue weighted by atomic mass is 9.76. The summed E-state index contributed by atoms with van der Waals surface area (Å²) in [6.45, 7) is 5.93. The number of hydrogen-bond acceptors (Lipinski definition) is 5. The number of likely N-dealkylation sites (tertiary alicyclic amines) is 1. The molecule has 4 heterocycles. The summed E-state index contributed by atoms with van der Waals surface area (Å²) in [5, 5.41) is 0. The molecule has 0 aromatic carbocycles. The van der Waals surface area contributed by atoms with Crippen molar-refractivity contribution in [3.63, 3.8) is 0 Å².